The van der Waals surface area contributed by atoms with Crippen LogP contribution >= 0.6 is 0 Å². The van der Waals surface area contributed by atoms with E-state index in [0.29, 0.717) is 6.10 Å². The molecule has 1 heteroatoms. The van der Waals surface area contributed by atoms with E-state index in [9.17, 15) is 0 Å². The number of ether oxygens (including phenoxy) is 1. The quantitative estimate of drug-likeness (QED) is 0.733. The molecule has 2 aliphatic rings. The van der Waals surface area contributed by atoms with Crippen LogP contribution in [-0.2, 0) is 0 Å². The maximum absolute atomic E-state index is 6.01. The Morgan fingerprint density at radius 1 is 0.812 bits per heavy atom. The van der Waals surface area contributed by atoms with Gasteiger partial charge in [-0.1, -0.05) is 18.6 Å². The van der Waals surface area contributed by atoms with Crippen LogP contribution in [0.2, 0.25) is 0 Å². The molecule has 0 aromatic heterocycles. The van der Waals surface area contributed by atoms with Crippen LogP contribution in [-0.4, -0.2) is 6.10 Å². The van der Waals surface area contributed by atoms with Gasteiger partial charge in [0.25, 0.3) is 0 Å². The summed E-state index contributed by atoms with van der Waals surface area (Å²) in [6.45, 7) is 0. The third-order valence-electron chi connectivity index (χ3n) is 3.78. The predicted molar refractivity (Wildman–Crippen MR) is 65.9 cm³/mol. The minimum absolute atomic E-state index is 0.473. The molecule has 2 saturated carbocycles. The van der Waals surface area contributed by atoms with Gasteiger partial charge in [0.05, 0.1) is 6.10 Å². The Bertz CT molecular complexity index is 331. The molecule has 1 aromatic rings. The van der Waals surface area contributed by atoms with Crippen LogP contribution in [0.3, 0.4) is 0 Å². The molecule has 0 spiro atoms. The van der Waals surface area contributed by atoms with Crippen molar-refractivity contribution in [2.75, 3.05) is 0 Å². The van der Waals surface area contributed by atoms with Gasteiger partial charge in [0.15, 0.2) is 0 Å². The molecule has 0 bridgehead atoms. The van der Waals surface area contributed by atoms with Gasteiger partial charge in [0.2, 0.25) is 0 Å². The lowest BCUT2D eigenvalue weighted by Crippen LogP contribution is -2.19. The highest BCUT2D eigenvalue weighted by atomic mass is 16.5. The second-order valence-corrected chi connectivity index (χ2v) is 5.22. The Morgan fingerprint density at radius 2 is 1.50 bits per heavy atom. The second-order valence-electron chi connectivity index (χ2n) is 5.22. The largest absolute Gasteiger partial charge is 0.490 e. The van der Waals surface area contributed by atoms with E-state index in [2.05, 4.69) is 24.3 Å². The molecule has 0 saturated heterocycles. The molecule has 0 amide bonds. The summed E-state index contributed by atoms with van der Waals surface area (Å²) in [5.41, 5.74) is 1.50. The molecule has 2 aliphatic carbocycles. The van der Waals surface area contributed by atoms with E-state index in [-0.39, 0.29) is 0 Å². The first-order valence-corrected chi connectivity index (χ1v) is 6.68. The maximum Gasteiger partial charge on any atom is 0.119 e. The standard InChI is InChI=1S/C15H20O/c1-2-4-14(5-3-1)16-15-10-8-13(9-11-15)12-6-7-12/h8-12,14H,1-7H2. The Balaban J connectivity index is 1.60. The van der Waals surface area contributed by atoms with Crippen molar-refractivity contribution in [3.05, 3.63) is 29.8 Å². The van der Waals surface area contributed by atoms with Crippen molar-refractivity contribution < 1.29 is 4.74 Å². The fourth-order valence-electron chi connectivity index (χ4n) is 2.61. The lowest BCUT2D eigenvalue weighted by molar-refractivity contribution is 0.155. The van der Waals surface area contributed by atoms with Crippen molar-refractivity contribution in [3.8, 4) is 5.75 Å². The fourth-order valence-corrected chi connectivity index (χ4v) is 2.61. The molecule has 3 rings (SSSR count). The summed E-state index contributed by atoms with van der Waals surface area (Å²) in [5, 5.41) is 0. The Labute approximate surface area is 97.8 Å². The second kappa shape index (κ2) is 4.48. The number of hydrogen-bond acceptors (Lipinski definition) is 1. The molecule has 1 nitrogen and oxygen atoms in total. The van der Waals surface area contributed by atoms with E-state index >= 15 is 0 Å². The molecule has 0 aliphatic heterocycles. The van der Waals surface area contributed by atoms with E-state index in [0.717, 1.165) is 11.7 Å². The number of benzene rings is 1. The molecule has 16 heavy (non-hydrogen) atoms. The minimum Gasteiger partial charge on any atom is -0.490 e. The van der Waals surface area contributed by atoms with Crippen molar-refractivity contribution in [1.29, 1.82) is 0 Å². The van der Waals surface area contributed by atoms with E-state index in [4.69, 9.17) is 4.74 Å². The molecule has 0 unspecified atom stereocenters. The highest BCUT2D eigenvalue weighted by Gasteiger charge is 2.23. The summed E-state index contributed by atoms with van der Waals surface area (Å²) in [6.07, 6.45) is 9.77. The summed E-state index contributed by atoms with van der Waals surface area (Å²) in [7, 11) is 0. The first-order chi connectivity index (χ1) is 7.92. The van der Waals surface area contributed by atoms with Crippen LogP contribution in [0, 0.1) is 0 Å². The van der Waals surface area contributed by atoms with Gasteiger partial charge in [0, 0.05) is 0 Å². The molecule has 0 heterocycles. The zero-order valence-electron chi connectivity index (χ0n) is 9.82. The van der Waals surface area contributed by atoms with Crippen LogP contribution in [0.25, 0.3) is 0 Å². The number of hydrogen-bond donors (Lipinski definition) is 0. The Kier molecular flexibility index (Phi) is 2.86. The third-order valence-corrected chi connectivity index (χ3v) is 3.78. The van der Waals surface area contributed by atoms with E-state index in [1.807, 2.05) is 0 Å². The van der Waals surface area contributed by atoms with Crippen LogP contribution in [0.4, 0.5) is 0 Å². The summed E-state index contributed by atoms with van der Waals surface area (Å²) in [5.74, 6) is 1.92. The van der Waals surface area contributed by atoms with E-state index < -0.39 is 0 Å². The average molecular weight is 216 g/mol. The highest BCUT2D eigenvalue weighted by molar-refractivity contribution is 5.31. The van der Waals surface area contributed by atoms with Gasteiger partial charge in [-0.05, 0) is 62.1 Å². The summed E-state index contributed by atoms with van der Waals surface area (Å²) >= 11 is 0. The Morgan fingerprint density at radius 3 is 2.12 bits per heavy atom. The van der Waals surface area contributed by atoms with E-state index in [1.54, 1.807) is 0 Å². The first kappa shape index (κ1) is 10.2. The van der Waals surface area contributed by atoms with Gasteiger partial charge in [-0.3, -0.25) is 0 Å². The van der Waals surface area contributed by atoms with Gasteiger partial charge < -0.3 is 4.74 Å². The monoisotopic (exact) mass is 216 g/mol. The van der Waals surface area contributed by atoms with Crippen LogP contribution in [0.5, 0.6) is 5.75 Å². The van der Waals surface area contributed by atoms with Gasteiger partial charge >= 0.3 is 0 Å². The Hall–Kier alpha value is -0.980. The van der Waals surface area contributed by atoms with Crippen molar-refractivity contribution >= 4 is 0 Å². The minimum atomic E-state index is 0.473. The summed E-state index contributed by atoms with van der Waals surface area (Å²) in [4.78, 5) is 0. The molecule has 2 fully saturated rings. The first-order valence-electron chi connectivity index (χ1n) is 6.68. The topological polar surface area (TPSA) is 9.23 Å². The zero-order chi connectivity index (χ0) is 10.8. The SMILES string of the molecule is c1cc(C2CC2)ccc1OC1CCCCC1. The summed E-state index contributed by atoms with van der Waals surface area (Å²) in [6, 6.07) is 8.80. The van der Waals surface area contributed by atoms with Gasteiger partial charge in [-0.25, -0.2) is 0 Å². The normalized spacial score (nSPS) is 22.0. The van der Waals surface area contributed by atoms with Gasteiger partial charge in [-0.2, -0.15) is 0 Å². The lowest BCUT2D eigenvalue weighted by atomic mass is 9.98. The zero-order valence-corrected chi connectivity index (χ0v) is 9.82. The van der Waals surface area contributed by atoms with Crippen molar-refractivity contribution in [2.24, 2.45) is 0 Å². The smallest absolute Gasteiger partial charge is 0.119 e. The van der Waals surface area contributed by atoms with Crippen LogP contribution in [0.1, 0.15) is 56.4 Å². The molecule has 0 N–H and O–H groups in total. The van der Waals surface area contributed by atoms with Crippen molar-refractivity contribution in [3.63, 3.8) is 0 Å². The molecule has 1 aromatic carbocycles. The van der Waals surface area contributed by atoms with Crippen molar-refractivity contribution in [1.82, 2.24) is 0 Å². The van der Waals surface area contributed by atoms with Crippen LogP contribution in [0.15, 0.2) is 24.3 Å². The molecular weight excluding hydrogens is 196 g/mol. The van der Waals surface area contributed by atoms with Gasteiger partial charge in [0.1, 0.15) is 5.75 Å². The molecule has 0 radical (unpaired) electrons. The lowest BCUT2D eigenvalue weighted by Gasteiger charge is -2.23. The third kappa shape index (κ3) is 2.40. The molecule has 86 valence electrons. The maximum atomic E-state index is 6.01. The number of rotatable bonds is 3. The molecule has 0 atom stereocenters. The highest BCUT2D eigenvalue weighted by Crippen LogP contribution is 2.40. The average Bonchev–Trinajstić information content (AvgIpc) is 3.15. The van der Waals surface area contributed by atoms with Gasteiger partial charge in [-0.15, -0.1) is 0 Å². The fraction of sp³-hybridized carbons (Fsp3) is 0.600. The molecular formula is C15H20O. The van der Waals surface area contributed by atoms with Crippen molar-refractivity contribution in [2.45, 2.75) is 57.0 Å². The predicted octanol–water partition coefficient (Wildman–Crippen LogP) is 4.28. The van der Waals surface area contributed by atoms with E-state index in [1.165, 1.54) is 50.5 Å². The van der Waals surface area contributed by atoms with Crippen LogP contribution < -0.4 is 4.74 Å². The summed E-state index contributed by atoms with van der Waals surface area (Å²) < 4.78 is 6.01.